The van der Waals surface area contributed by atoms with Gasteiger partial charge in [-0.15, -0.1) is 0 Å². The largest absolute Gasteiger partial charge is 0.348 e. The van der Waals surface area contributed by atoms with Crippen molar-refractivity contribution in [2.75, 3.05) is 11.9 Å². The van der Waals surface area contributed by atoms with Crippen LogP contribution < -0.4 is 10.6 Å². The van der Waals surface area contributed by atoms with Gasteiger partial charge >= 0.3 is 0 Å². The van der Waals surface area contributed by atoms with Crippen LogP contribution in [0.25, 0.3) is 0 Å². The van der Waals surface area contributed by atoms with Gasteiger partial charge in [-0.05, 0) is 54.9 Å². The Morgan fingerprint density at radius 3 is 2.73 bits per heavy atom. The van der Waals surface area contributed by atoms with Crippen molar-refractivity contribution in [1.29, 1.82) is 0 Å². The van der Waals surface area contributed by atoms with Crippen molar-refractivity contribution in [2.24, 2.45) is 17.8 Å². The lowest BCUT2D eigenvalue weighted by Gasteiger charge is -2.36. The standard InChI is InChI=1S/C18H30N2S2/c1-4-14-8-15(7-13(2)3)10-17(9-14)19-11-18(21)20-16-5-6-22-12-16/h5-6,12-15,17,19H,4,7-11H2,1-3H3,(H,20,21). The molecule has 1 heterocycles. The lowest BCUT2D eigenvalue weighted by Crippen LogP contribution is -2.41. The molecule has 0 amide bonds. The van der Waals surface area contributed by atoms with E-state index < -0.39 is 0 Å². The Balaban J connectivity index is 1.78. The zero-order valence-corrected chi connectivity index (χ0v) is 15.7. The number of hydrogen-bond donors (Lipinski definition) is 2. The molecule has 3 atom stereocenters. The molecule has 0 aromatic carbocycles. The van der Waals surface area contributed by atoms with Crippen LogP contribution in [0, 0.1) is 17.8 Å². The fraction of sp³-hybridized carbons (Fsp3) is 0.722. The molecule has 4 heteroatoms. The van der Waals surface area contributed by atoms with Crippen molar-refractivity contribution in [3.8, 4) is 0 Å². The quantitative estimate of drug-likeness (QED) is 0.658. The third-order valence-corrected chi connectivity index (χ3v) is 5.57. The molecule has 2 nitrogen and oxygen atoms in total. The summed E-state index contributed by atoms with van der Waals surface area (Å²) in [5, 5.41) is 11.2. The van der Waals surface area contributed by atoms with E-state index in [9.17, 15) is 0 Å². The topological polar surface area (TPSA) is 24.1 Å². The zero-order chi connectivity index (χ0) is 15.9. The second-order valence-corrected chi connectivity index (χ2v) is 8.39. The molecule has 1 aromatic heterocycles. The maximum atomic E-state index is 5.46. The second-order valence-electron chi connectivity index (χ2n) is 7.11. The minimum atomic E-state index is 0.629. The van der Waals surface area contributed by atoms with Crippen LogP contribution in [-0.4, -0.2) is 17.6 Å². The van der Waals surface area contributed by atoms with E-state index in [1.807, 2.05) is 0 Å². The summed E-state index contributed by atoms with van der Waals surface area (Å²) in [6.07, 6.45) is 6.73. The summed E-state index contributed by atoms with van der Waals surface area (Å²) in [4.78, 5) is 0.900. The van der Waals surface area contributed by atoms with Crippen LogP contribution in [0.1, 0.15) is 52.9 Å². The van der Waals surface area contributed by atoms with Crippen molar-refractivity contribution in [3.63, 3.8) is 0 Å². The van der Waals surface area contributed by atoms with Gasteiger partial charge in [0.1, 0.15) is 0 Å². The Morgan fingerprint density at radius 1 is 1.32 bits per heavy atom. The van der Waals surface area contributed by atoms with E-state index >= 15 is 0 Å². The van der Waals surface area contributed by atoms with Gasteiger partial charge in [0.2, 0.25) is 0 Å². The van der Waals surface area contributed by atoms with E-state index in [2.05, 4.69) is 48.2 Å². The van der Waals surface area contributed by atoms with Gasteiger partial charge < -0.3 is 10.6 Å². The highest BCUT2D eigenvalue weighted by atomic mass is 32.1. The molecule has 0 bridgehead atoms. The summed E-state index contributed by atoms with van der Waals surface area (Å²) >= 11 is 7.15. The molecule has 22 heavy (non-hydrogen) atoms. The zero-order valence-electron chi connectivity index (χ0n) is 14.1. The number of nitrogens with one attached hydrogen (secondary N) is 2. The SMILES string of the molecule is CCC1CC(CC(C)C)CC(NCC(=S)Nc2ccsc2)C1. The highest BCUT2D eigenvalue weighted by Crippen LogP contribution is 2.34. The number of thiocarbonyl (C=S) groups is 1. The highest BCUT2D eigenvalue weighted by molar-refractivity contribution is 7.80. The van der Waals surface area contributed by atoms with Gasteiger partial charge in [0.15, 0.2) is 0 Å². The van der Waals surface area contributed by atoms with Gasteiger partial charge in [0.25, 0.3) is 0 Å². The number of rotatable bonds is 7. The molecule has 2 rings (SSSR count). The first-order valence-corrected chi connectivity index (χ1v) is 9.97. The molecule has 0 aliphatic heterocycles. The summed E-state index contributed by atoms with van der Waals surface area (Å²) in [5.41, 5.74) is 1.12. The third-order valence-electron chi connectivity index (χ3n) is 4.64. The van der Waals surface area contributed by atoms with Gasteiger partial charge in [-0.2, -0.15) is 11.3 Å². The summed E-state index contributed by atoms with van der Waals surface area (Å²) in [6.45, 7) is 7.82. The van der Waals surface area contributed by atoms with Gasteiger partial charge in [-0.1, -0.05) is 39.4 Å². The van der Waals surface area contributed by atoms with Crippen LogP contribution in [0.4, 0.5) is 5.69 Å². The normalized spacial score (nSPS) is 25.4. The minimum Gasteiger partial charge on any atom is -0.348 e. The van der Waals surface area contributed by atoms with Crippen LogP contribution in [0.15, 0.2) is 16.8 Å². The van der Waals surface area contributed by atoms with E-state index in [0.717, 1.165) is 35.0 Å². The molecule has 124 valence electrons. The minimum absolute atomic E-state index is 0.629. The lowest BCUT2D eigenvalue weighted by atomic mass is 9.74. The van der Waals surface area contributed by atoms with Gasteiger partial charge in [-0.25, -0.2) is 0 Å². The van der Waals surface area contributed by atoms with Crippen LogP contribution in [-0.2, 0) is 0 Å². The fourth-order valence-corrected chi connectivity index (χ4v) is 4.49. The fourth-order valence-electron chi connectivity index (χ4n) is 3.70. The molecule has 2 N–H and O–H groups in total. The van der Waals surface area contributed by atoms with Crippen LogP contribution in [0.5, 0.6) is 0 Å². The molecule has 1 fully saturated rings. The smallest absolute Gasteiger partial charge is 0.0937 e. The molecule has 3 unspecified atom stereocenters. The first kappa shape index (κ1) is 17.9. The molecule has 0 spiro atoms. The van der Waals surface area contributed by atoms with Crippen LogP contribution in [0.2, 0.25) is 0 Å². The molecule has 1 aromatic rings. The first-order chi connectivity index (χ1) is 10.6. The van der Waals surface area contributed by atoms with E-state index in [0.29, 0.717) is 6.04 Å². The van der Waals surface area contributed by atoms with Crippen LogP contribution >= 0.6 is 23.6 Å². The Kier molecular flexibility index (Phi) is 7.32. The van der Waals surface area contributed by atoms with Gasteiger partial charge in [0, 0.05) is 23.7 Å². The van der Waals surface area contributed by atoms with Gasteiger partial charge in [-0.3, -0.25) is 0 Å². The van der Waals surface area contributed by atoms with Gasteiger partial charge in [0.05, 0.1) is 4.99 Å². The molecule has 1 saturated carbocycles. The second kappa shape index (κ2) is 8.99. The monoisotopic (exact) mass is 338 g/mol. The Hall–Kier alpha value is -0.450. The molecular formula is C18H30N2S2. The highest BCUT2D eigenvalue weighted by Gasteiger charge is 2.28. The third kappa shape index (κ3) is 5.98. The summed E-state index contributed by atoms with van der Waals surface area (Å²) in [5.74, 6) is 2.57. The average molecular weight is 339 g/mol. The Labute approximate surface area is 145 Å². The van der Waals surface area contributed by atoms with Crippen molar-refractivity contribution in [2.45, 2.75) is 58.9 Å². The van der Waals surface area contributed by atoms with E-state index in [1.165, 1.54) is 32.1 Å². The van der Waals surface area contributed by atoms with E-state index in [-0.39, 0.29) is 0 Å². The predicted molar refractivity (Wildman–Crippen MR) is 103 cm³/mol. The maximum absolute atomic E-state index is 5.46. The van der Waals surface area contributed by atoms with E-state index in [1.54, 1.807) is 11.3 Å². The summed E-state index contributed by atoms with van der Waals surface area (Å²) in [6, 6.07) is 2.70. The summed E-state index contributed by atoms with van der Waals surface area (Å²) < 4.78 is 0. The average Bonchev–Trinajstić information content (AvgIpc) is 2.97. The first-order valence-electron chi connectivity index (χ1n) is 8.62. The number of thiophene rings is 1. The molecule has 0 radical (unpaired) electrons. The van der Waals surface area contributed by atoms with Crippen molar-refractivity contribution in [1.82, 2.24) is 5.32 Å². The molecular weight excluding hydrogens is 308 g/mol. The predicted octanol–water partition coefficient (Wildman–Crippen LogP) is 5.32. The van der Waals surface area contributed by atoms with Crippen molar-refractivity contribution >= 4 is 34.2 Å². The molecule has 0 saturated heterocycles. The van der Waals surface area contributed by atoms with Crippen LogP contribution in [0.3, 0.4) is 0 Å². The van der Waals surface area contributed by atoms with E-state index in [4.69, 9.17) is 12.2 Å². The lowest BCUT2D eigenvalue weighted by molar-refractivity contribution is 0.192. The molecule has 1 aliphatic rings. The molecule has 1 aliphatic carbocycles. The Bertz CT molecular complexity index is 442. The van der Waals surface area contributed by atoms with Crippen molar-refractivity contribution in [3.05, 3.63) is 16.8 Å². The maximum Gasteiger partial charge on any atom is 0.0937 e. The summed E-state index contributed by atoms with van der Waals surface area (Å²) in [7, 11) is 0. The number of hydrogen-bond acceptors (Lipinski definition) is 3. The Morgan fingerprint density at radius 2 is 2.09 bits per heavy atom. The van der Waals surface area contributed by atoms with Crippen molar-refractivity contribution < 1.29 is 0 Å². The number of anilines is 1.